The Morgan fingerprint density at radius 3 is 1.97 bits per heavy atom. The molecule has 0 atom stereocenters. The summed E-state index contributed by atoms with van der Waals surface area (Å²) in [5.41, 5.74) is 4.90. The predicted molar refractivity (Wildman–Crippen MR) is 140 cm³/mol. The van der Waals surface area contributed by atoms with Crippen LogP contribution in [0, 0.1) is 0 Å². The Kier molecular flexibility index (Phi) is 7.27. The average molecular weight is 483 g/mol. The molecule has 0 bridgehead atoms. The zero-order valence-corrected chi connectivity index (χ0v) is 20.7. The molecule has 36 heavy (non-hydrogen) atoms. The standard InChI is InChI=1S/C31H30O5/c1-32-27-7-3-5-23(17-27)10-11-24-6-4-8-28(18-24)36-26-15-13-22(14-16-26)9-12-25-19-29(33-2)31-30(20-25)34-21-35-31/h3-8,13-20H,9-12,21H2,1-2H3. The largest absolute Gasteiger partial charge is 0.497 e. The van der Waals surface area contributed by atoms with E-state index in [0.717, 1.165) is 60.0 Å². The molecule has 0 spiro atoms. The normalized spacial score (nSPS) is 11.8. The number of benzene rings is 4. The molecule has 0 aliphatic carbocycles. The van der Waals surface area contributed by atoms with Crippen LogP contribution in [0.2, 0.25) is 0 Å². The van der Waals surface area contributed by atoms with Gasteiger partial charge in [0.25, 0.3) is 0 Å². The second kappa shape index (κ2) is 11.1. The van der Waals surface area contributed by atoms with Crippen molar-refractivity contribution in [3.8, 4) is 34.5 Å². The van der Waals surface area contributed by atoms with Crippen molar-refractivity contribution in [1.82, 2.24) is 0 Å². The van der Waals surface area contributed by atoms with Crippen molar-refractivity contribution in [2.24, 2.45) is 0 Å². The minimum absolute atomic E-state index is 0.238. The number of ether oxygens (including phenoxy) is 5. The second-order valence-electron chi connectivity index (χ2n) is 8.78. The van der Waals surface area contributed by atoms with Crippen molar-refractivity contribution >= 4 is 0 Å². The van der Waals surface area contributed by atoms with Crippen molar-refractivity contribution in [2.75, 3.05) is 21.0 Å². The summed E-state index contributed by atoms with van der Waals surface area (Å²) in [5.74, 6) is 4.72. The lowest BCUT2D eigenvalue weighted by molar-refractivity contribution is 0.171. The van der Waals surface area contributed by atoms with Crippen LogP contribution in [0.5, 0.6) is 34.5 Å². The Labute approximate surface area is 212 Å². The zero-order valence-electron chi connectivity index (χ0n) is 20.7. The number of hydrogen-bond donors (Lipinski definition) is 0. The summed E-state index contributed by atoms with van der Waals surface area (Å²) >= 11 is 0. The molecule has 0 saturated heterocycles. The first-order chi connectivity index (χ1) is 17.7. The first-order valence-electron chi connectivity index (χ1n) is 12.2. The van der Waals surface area contributed by atoms with E-state index in [-0.39, 0.29) is 6.79 Å². The highest BCUT2D eigenvalue weighted by Gasteiger charge is 2.20. The summed E-state index contributed by atoms with van der Waals surface area (Å²) in [5, 5.41) is 0. The molecule has 0 unspecified atom stereocenters. The first kappa shape index (κ1) is 23.6. The fourth-order valence-electron chi connectivity index (χ4n) is 4.36. The van der Waals surface area contributed by atoms with E-state index in [2.05, 4.69) is 36.4 Å². The smallest absolute Gasteiger partial charge is 0.231 e. The third-order valence-electron chi connectivity index (χ3n) is 6.31. The Hall–Kier alpha value is -4.12. The molecule has 5 rings (SSSR count). The van der Waals surface area contributed by atoms with Gasteiger partial charge in [0.05, 0.1) is 14.2 Å². The van der Waals surface area contributed by atoms with E-state index in [0.29, 0.717) is 5.75 Å². The molecule has 0 saturated carbocycles. The summed E-state index contributed by atoms with van der Waals surface area (Å²) in [4.78, 5) is 0. The van der Waals surface area contributed by atoms with Gasteiger partial charge in [-0.2, -0.15) is 0 Å². The van der Waals surface area contributed by atoms with Gasteiger partial charge in [-0.1, -0.05) is 36.4 Å². The molecular formula is C31H30O5. The Morgan fingerprint density at radius 2 is 1.25 bits per heavy atom. The maximum Gasteiger partial charge on any atom is 0.231 e. The van der Waals surface area contributed by atoms with E-state index in [1.165, 1.54) is 16.7 Å². The van der Waals surface area contributed by atoms with Crippen LogP contribution in [0.1, 0.15) is 22.3 Å². The molecule has 0 N–H and O–H groups in total. The van der Waals surface area contributed by atoms with Crippen molar-refractivity contribution in [3.05, 3.63) is 107 Å². The maximum absolute atomic E-state index is 6.14. The van der Waals surface area contributed by atoms with Gasteiger partial charge in [0, 0.05) is 0 Å². The highest BCUT2D eigenvalue weighted by molar-refractivity contribution is 5.55. The lowest BCUT2D eigenvalue weighted by atomic mass is 10.0. The summed E-state index contributed by atoms with van der Waals surface area (Å²) in [6, 6.07) is 28.9. The Morgan fingerprint density at radius 1 is 0.583 bits per heavy atom. The van der Waals surface area contributed by atoms with Gasteiger partial charge in [0.15, 0.2) is 11.5 Å². The lowest BCUT2D eigenvalue weighted by Gasteiger charge is -2.10. The molecular weight excluding hydrogens is 452 g/mol. The molecule has 1 heterocycles. The molecule has 4 aromatic rings. The van der Waals surface area contributed by atoms with Crippen LogP contribution in [0.3, 0.4) is 0 Å². The number of aryl methyl sites for hydroxylation is 4. The van der Waals surface area contributed by atoms with E-state index >= 15 is 0 Å². The van der Waals surface area contributed by atoms with Crippen molar-refractivity contribution in [2.45, 2.75) is 25.7 Å². The van der Waals surface area contributed by atoms with E-state index < -0.39 is 0 Å². The van der Waals surface area contributed by atoms with Crippen LogP contribution in [0.4, 0.5) is 0 Å². The zero-order chi connectivity index (χ0) is 24.7. The minimum atomic E-state index is 0.238. The number of fused-ring (bicyclic) bond motifs is 1. The summed E-state index contributed by atoms with van der Waals surface area (Å²) in [7, 11) is 3.35. The maximum atomic E-state index is 6.14. The molecule has 5 heteroatoms. The fraction of sp³-hybridized carbons (Fsp3) is 0.226. The number of methoxy groups -OCH3 is 2. The van der Waals surface area contributed by atoms with Crippen LogP contribution in [-0.4, -0.2) is 21.0 Å². The van der Waals surface area contributed by atoms with E-state index in [1.807, 2.05) is 48.5 Å². The molecule has 4 aromatic carbocycles. The molecule has 184 valence electrons. The molecule has 0 radical (unpaired) electrons. The Balaban J connectivity index is 1.17. The van der Waals surface area contributed by atoms with E-state index in [1.54, 1.807) is 14.2 Å². The summed E-state index contributed by atoms with van der Waals surface area (Å²) in [6.07, 6.45) is 3.67. The monoisotopic (exact) mass is 482 g/mol. The molecule has 0 aromatic heterocycles. The van der Waals surface area contributed by atoms with Crippen LogP contribution in [-0.2, 0) is 25.7 Å². The molecule has 0 fully saturated rings. The van der Waals surface area contributed by atoms with Gasteiger partial charge in [0.2, 0.25) is 12.5 Å². The first-order valence-corrected chi connectivity index (χ1v) is 12.2. The highest BCUT2D eigenvalue weighted by atomic mass is 16.7. The van der Waals surface area contributed by atoms with Gasteiger partial charge in [-0.25, -0.2) is 0 Å². The highest BCUT2D eigenvalue weighted by Crippen LogP contribution is 2.42. The van der Waals surface area contributed by atoms with Gasteiger partial charge in [-0.05, 0) is 96.5 Å². The average Bonchev–Trinajstić information content (AvgIpc) is 3.40. The number of rotatable bonds is 10. The van der Waals surface area contributed by atoms with Crippen LogP contribution >= 0.6 is 0 Å². The summed E-state index contributed by atoms with van der Waals surface area (Å²) < 4.78 is 27.9. The minimum Gasteiger partial charge on any atom is -0.497 e. The van der Waals surface area contributed by atoms with Crippen molar-refractivity contribution < 1.29 is 23.7 Å². The predicted octanol–water partition coefficient (Wildman–Crippen LogP) is 6.80. The van der Waals surface area contributed by atoms with Gasteiger partial charge in [-0.3, -0.25) is 0 Å². The third kappa shape index (κ3) is 5.74. The van der Waals surface area contributed by atoms with E-state index in [9.17, 15) is 0 Å². The summed E-state index contributed by atoms with van der Waals surface area (Å²) in [6.45, 7) is 0.238. The molecule has 5 nitrogen and oxygen atoms in total. The van der Waals surface area contributed by atoms with Crippen LogP contribution in [0.15, 0.2) is 84.9 Å². The van der Waals surface area contributed by atoms with Gasteiger partial charge >= 0.3 is 0 Å². The Bertz CT molecular complexity index is 1310. The third-order valence-corrected chi connectivity index (χ3v) is 6.31. The topological polar surface area (TPSA) is 46.2 Å². The quantitative estimate of drug-likeness (QED) is 0.249. The lowest BCUT2D eigenvalue weighted by Crippen LogP contribution is -1.95. The fourth-order valence-corrected chi connectivity index (χ4v) is 4.36. The van der Waals surface area contributed by atoms with Gasteiger partial charge in [0.1, 0.15) is 17.2 Å². The molecule has 0 amide bonds. The van der Waals surface area contributed by atoms with Gasteiger partial charge in [-0.15, -0.1) is 0 Å². The van der Waals surface area contributed by atoms with Crippen molar-refractivity contribution in [3.63, 3.8) is 0 Å². The van der Waals surface area contributed by atoms with Crippen molar-refractivity contribution in [1.29, 1.82) is 0 Å². The molecule has 1 aliphatic heterocycles. The SMILES string of the molecule is COc1cccc(CCc2cccc(Oc3ccc(CCc4cc(OC)c5c(c4)OCO5)cc3)c2)c1. The number of hydrogen-bond acceptors (Lipinski definition) is 5. The van der Waals surface area contributed by atoms with E-state index in [4.69, 9.17) is 23.7 Å². The second-order valence-corrected chi connectivity index (χ2v) is 8.78. The molecule has 1 aliphatic rings. The van der Waals surface area contributed by atoms with Crippen LogP contribution < -0.4 is 23.7 Å². The van der Waals surface area contributed by atoms with Crippen LogP contribution in [0.25, 0.3) is 0 Å². The van der Waals surface area contributed by atoms with Gasteiger partial charge < -0.3 is 23.7 Å².